The maximum atomic E-state index is 10.7. The van der Waals surface area contributed by atoms with Crippen LogP contribution in [0.2, 0.25) is 0 Å². The van der Waals surface area contributed by atoms with Crippen LogP contribution in [0.1, 0.15) is 32.6 Å². The van der Waals surface area contributed by atoms with Gasteiger partial charge in [-0.1, -0.05) is 26.8 Å². The zero-order valence-corrected chi connectivity index (χ0v) is 11.0. The van der Waals surface area contributed by atoms with Gasteiger partial charge in [0.05, 0.1) is 13.1 Å². The van der Waals surface area contributed by atoms with Gasteiger partial charge in [-0.3, -0.25) is 9.69 Å². The number of aromatic nitrogens is 2. The normalized spacial score (nSPS) is 11.8. The van der Waals surface area contributed by atoms with Crippen LogP contribution in [0.3, 0.4) is 0 Å². The highest BCUT2D eigenvalue weighted by Crippen LogP contribution is 2.20. The predicted octanol–water partition coefficient (Wildman–Crippen LogP) is 1.44. The van der Waals surface area contributed by atoms with Crippen LogP contribution in [0.15, 0.2) is 17.1 Å². The first-order chi connectivity index (χ1) is 8.32. The van der Waals surface area contributed by atoms with Gasteiger partial charge in [-0.2, -0.15) is 0 Å². The molecule has 0 unspecified atom stereocenters. The molecule has 18 heavy (non-hydrogen) atoms. The second-order valence-corrected chi connectivity index (χ2v) is 5.10. The third-order valence-corrected chi connectivity index (χ3v) is 2.21. The molecule has 0 aliphatic rings. The van der Waals surface area contributed by atoms with Crippen molar-refractivity contribution in [3.05, 3.63) is 24.4 Å². The summed E-state index contributed by atoms with van der Waals surface area (Å²) in [5, 5.41) is 16.7. The average molecular weight is 253 g/mol. The Morgan fingerprint density at radius 1 is 1.50 bits per heavy atom. The van der Waals surface area contributed by atoms with Crippen LogP contribution in [0.4, 0.5) is 0 Å². The molecule has 1 N–H and O–H groups in total. The van der Waals surface area contributed by atoms with Gasteiger partial charge in [0, 0.05) is 12.0 Å². The SMILES string of the molecule is C=CCN(CC(=O)O)Cc1nnc(C(C)(C)C)o1. The van der Waals surface area contributed by atoms with E-state index in [0.29, 0.717) is 24.9 Å². The minimum Gasteiger partial charge on any atom is -0.480 e. The number of carboxylic acids is 1. The van der Waals surface area contributed by atoms with Crippen molar-refractivity contribution in [1.29, 1.82) is 0 Å². The lowest BCUT2D eigenvalue weighted by atomic mass is 9.97. The van der Waals surface area contributed by atoms with Gasteiger partial charge in [-0.05, 0) is 0 Å². The van der Waals surface area contributed by atoms with Crippen molar-refractivity contribution in [2.45, 2.75) is 32.7 Å². The summed E-state index contributed by atoms with van der Waals surface area (Å²) in [7, 11) is 0. The smallest absolute Gasteiger partial charge is 0.317 e. The highest BCUT2D eigenvalue weighted by Gasteiger charge is 2.22. The summed E-state index contributed by atoms with van der Waals surface area (Å²) in [6.45, 7) is 10.2. The summed E-state index contributed by atoms with van der Waals surface area (Å²) < 4.78 is 5.52. The van der Waals surface area contributed by atoms with Gasteiger partial charge in [0.2, 0.25) is 11.8 Å². The van der Waals surface area contributed by atoms with Crippen molar-refractivity contribution in [1.82, 2.24) is 15.1 Å². The molecule has 1 rings (SSSR count). The molecule has 0 aromatic carbocycles. The van der Waals surface area contributed by atoms with E-state index in [9.17, 15) is 4.79 Å². The van der Waals surface area contributed by atoms with Crippen LogP contribution in [0.25, 0.3) is 0 Å². The van der Waals surface area contributed by atoms with E-state index in [2.05, 4.69) is 16.8 Å². The van der Waals surface area contributed by atoms with Crippen molar-refractivity contribution < 1.29 is 14.3 Å². The number of carbonyl (C=O) groups is 1. The Hall–Kier alpha value is -1.69. The summed E-state index contributed by atoms with van der Waals surface area (Å²) in [6.07, 6.45) is 1.64. The maximum absolute atomic E-state index is 10.7. The van der Waals surface area contributed by atoms with E-state index < -0.39 is 5.97 Å². The fourth-order valence-electron chi connectivity index (χ4n) is 1.37. The molecule has 0 bridgehead atoms. The molecular formula is C12H19N3O3. The average Bonchev–Trinajstić information content (AvgIpc) is 2.64. The molecule has 0 radical (unpaired) electrons. The van der Waals surface area contributed by atoms with E-state index in [4.69, 9.17) is 9.52 Å². The van der Waals surface area contributed by atoms with Gasteiger partial charge in [-0.25, -0.2) is 0 Å². The molecule has 6 nitrogen and oxygen atoms in total. The number of hydrogen-bond acceptors (Lipinski definition) is 5. The van der Waals surface area contributed by atoms with Gasteiger partial charge in [0.15, 0.2) is 0 Å². The number of aliphatic carboxylic acids is 1. The molecule has 1 aromatic rings. The Labute approximate surface area is 106 Å². The van der Waals surface area contributed by atoms with Crippen LogP contribution in [0.5, 0.6) is 0 Å². The zero-order chi connectivity index (χ0) is 13.8. The number of carboxylic acid groups (broad SMARTS) is 1. The molecule has 0 aliphatic heterocycles. The molecule has 6 heteroatoms. The largest absolute Gasteiger partial charge is 0.480 e. The van der Waals surface area contributed by atoms with Gasteiger partial charge in [0.25, 0.3) is 0 Å². The summed E-state index contributed by atoms with van der Waals surface area (Å²) in [6, 6.07) is 0. The predicted molar refractivity (Wildman–Crippen MR) is 66.1 cm³/mol. The topological polar surface area (TPSA) is 79.5 Å². The van der Waals surface area contributed by atoms with Crippen molar-refractivity contribution in [2.75, 3.05) is 13.1 Å². The lowest BCUT2D eigenvalue weighted by Crippen LogP contribution is -2.29. The molecule has 0 saturated heterocycles. The Kier molecular flexibility index (Phi) is 4.61. The fourth-order valence-corrected chi connectivity index (χ4v) is 1.37. The van der Waals surface area contributed by atoms with E-state index in [1.807, 2.05) is 20.8 Å². The van der Waals surface area contributed by atoms with E-state index in [-0.39, 0.29) is 12.0 Å². The minimum atomic E-state index is -0.896. The zero-order valence-electron chi connectivity index (χ0n) is 11.0. The van der Waals surface area contributed by atoms with Crippen LogP contribution < -0.4 is 0 Å². The standard InChI is InChI=1S/C12H19N3O3/c1-5-6-15(8-10(16)17)7-9-13-14-11(18-9)12(2,3)4/h5H,1,6-8H2,2-4H3,(H,16,17). The van der Waals surface area contributed by atoms with Gasteiger partial charge < -0.3 is 9.52 Å². The number of hydrogen-bond donors (Lipinski definition) is 1. The van der Waals surface area contributed by atoms with E-state index in [0.717, 1.165) is 0 Å². The van der Waals surface area contributed by atoms with E-state index in [1.54, 1.807) is 11.0 Å². The lowest BCUT2D eigenvalue weighted by molar-refractivity contribution is -0.138. The molecule has 0 amide bonds. The van der Waals surface area contributed by atoms with Crippen LogP contribution in [-0.4, -0.2) is 39.3 Å². The Bertz CT molecular complexity index is 420. The molecule has 1 heterocycles. The van der Waals surface area contributed by atoms with Gasteiger partial charge >= 0.3 is 5.97 Å². The molecule has 0 atom stereocenters. The number of rotatable bonds is 6. The molecule has 100 valence electrons. The molecule has 0 saturated carbocycles. The summed E-state index contributed by atoms with van der Waals surface area (Å²) in [5.41, 5.74) is -0.207. The summed E-state index contributed by atoms with van der Waals surface area (Å²) in [4.78, 5) is 12.4. The second kappa shape index (κ2) is 5.77. The highest BCUT2D eigenvalue weighted by molar-refractivity contribution is 5.69. The molecule has 0 spiro atoms. The molecule has 0 aliphatic carbocycles. The Morgan fingerprint density at radius 3 is 2.61 bits per heavy atom. The first-order valence-corrected chi connectivity index (χ1v) is 5.71. The third-order valence-electron chi connectivity index (χ3n) is 2.21. The van der Waals surface area contributed by atoms with Crippen molar-refractivity contribution in [3.63, 3.8) is 0 Å². The van der Waals surface area contributed by atoms with E-state index >= 15 is 0 Å². The van der Waals surface area contributed by atoms with Gasteiger partial charge in [0.1, 0.15) is 0 Å². The number of nitrogens with zero attached hydrogens (tertiary/aromatic N) is 3. The fraction of sp³-hybridized carbons (Fsp3) is 0.583. The quantitative estimate of drug-likeness (QED) is 0.773. The van der Waals surface area contributed by atoms with Crippen LogP contribution >= 0.6 is 0 Å². The van der Waals surface area contributed by atoms with E-state index in [1.165, 1.54) is 0 Å². The van der Waals surface area contributed by atoms with Crippen molar-refractivity contribution in [2.24, 2.45) is 0 Å². The Balaban J connectivity index is 2.72. The molecule has 1 aromatic heterocycles. The summed E-state index contributed by atoms with van der Waals surface area (Å²) in [5.74, 6) is 0.0711. The third kappa shape index (κ3) is 4.29. The van der Waals surface area contributed by atoms with Crippen LogP contribution in [-0.2, 0) is 16.8 Å². The summed E-state index contributed by atoms with van der Waals surface area (Å²) >= 11 is 0. The molecule has 0 fully saturated rings. The maximum Gasteiger partial charge on any atom is 0.317 e. The first kappa shape index (κ1) is 14.4. The van der Waals surface area contributed by atoms with Crippen LogP contribution in [0, 0.1) is 0 Å². The van der Waals surface area contributed by atoms with Crippen molar-refractivity contribution in [3.8, 4) is 0 Å². The monoisotopic (exact) mass is 253 g/mol. The minimum absolute atomic E-state index is 0.0841. The van der Waals surface area contributed by atoms with Gasteiger partial charge in [-0.15, -0.1) is 16.8 Å². The Morgan fingerprint density at radius 2 is 2.17 bits per heavy atom. The first-order valence-electron chi connectivity index (χ1n) is 5.71. The lowest BCUT2D eigenvalue weighted by Gasteiger charge is -2.15. The highest BCUT2D eigenvalue weighted by atomic mass is 16.4. The van der Waals surface area contributed by atoms with Crippen molar-refractivity contribution >= 4 is 5.97 Å². The second-order valence-electron chi connectivity index (χ2n) is 5.10. The molecular weight excluding hydrogens is 234 g/mol.